The van der Waals surface area contributed by atoms with Crippen LogP contribution in [0.25, 0.3) is 5.69 Å². The Labute approximate surface area is 143 Å². The molecule has 1 aliphatic rings. The van der Waals surface area contributed by atoms with E-state index in [4.69, 9.17) is 0 Å². The fourth-order valence-electron chi connectivity index (χ4n) is 3.02. The van der Waals surface area contributed by atoms with Gasteiger partial charge < -0.3 is 10.0 Å². The minimum atomic E-state index is -1.04. The van der Waals surface area contributed by atoms with Crippen LogP contribution in [0, 0.1) is 0 Å². The summed E-state index contributed by atoms with van der Waals surface area (Å²) in [5, 5.41) is 18.2. The van der Waals surface area contributed by atoms with Gasteiger partial charge in [-0.25, -0.2) is 4.79 Å². The molecule has 23 heavy (non-hydrogen) atoms. The Balaban J connectivity index is 2.02. The Morgan fingerprint density at radius 2 is 2.04 bits per heavy atom. The molecule has 3 rings (SSSR count). The lowest BCUT2D eigenvalue weighted by Crippen LogP contribution is -2.40. The summed E-state index contributed by atoms with van der Waals surface area (Å²) in [5.74, 6) is -0.559. The van der Waals surface area contributed by atoms with Crippen molar-refractivity contribution < 1.29 is 9.90 Å². The van der Waals surface area contributed by atoms with Crippen LogP contribution in [0.1, 0.15) is 43.1 Å². The lowest BCUT2D eigenvalue weighted by molar-refractivity contribution is 0.0690. The second kappa shape index (κ2) is 6.70. The first-order chi connectivity index (χ1) is 11.1. The van der Waals surface area contributed by atoms with Crippen molar-refractivity contribution in [2.45, 2.75) is 38.6 Å². The highest BCUT2D eigenvalue weighted by Gasteiger charge is 2.29. The van der Waals surface area contributed by atoms with E-state index in [0.29, 0.717) is 11.9 Å². The number of carboxylic acid groups (broad SMARTS) is 1. The van der Waals surface area contributed by atoms with Crippen molar-refractivity contribution in [3.8, 4) is 5.69 Å². The zero-order valence-corrected chi connectivity index (χ0v) is 14.5. The van der Waals surface area contributed by atoms with Crippen molar-refractivity contribution in [1.29, 1.82) is 0 Å². The minimum absolute atomic E-state index is 0.0215. The van der Waals surface area contributed by atoms with Gasteiger partial charge in [0.25, 0.3) is 0 Å². The number of hydrogen-bond acceptors (Lipinski definition) is 4. The molecule has 1 fully saturated rings. The quantitative estimate of drug-likeness (QED) is 0.881. The van der Waals surface area contributed by atoms with Crippen LogP contribution < -0.4 is 4.90 Å². The Hall–Kier alpha value is -1.89. The lowest BCUT2D eigenvalue weighted by atomic mass is 10.00. The maximum absolute atomic E-state index is 11.6. The highest BCUT2D eigenvalue weighted by Crippen LogP contribution is 2.28. The van der Waals surface area contributed by atoms with Gasteiger partial charge in [-0.3, -0.25) is 0 Å². The Kier molecular flexibility index (Phi) is 4.66. The molecule has 0 spiro atoms. The second-order valence-corrected chi connectivity index (χ2v) is 6.61. The standard InChI is InChI=1S/C16H19BrN4O2/c1-2-12-5-3-4-10-20(12)15-14(16(22)23)18-21(19-15)13-8-6-11(17)7-9-13/h6-9,12H,2-5,10H2,1H3,(H,22,23)/t12-/m0/s1. The molecule has 0 radical (unpaired) electrons. The molecule has 1 atom stereocenters. The number of nitrogens with zero attached hydrogens (tertiary/aromatic N) is 4. The smallest absolute Gasteiger partial charge is 0.360 e. The number of benzene rings is 1. The molecule has 122 valence electrons. The van der Waals surface area contributed by atoms with Gasteiger partial charge in [0.2, 0.25) is 5.69 Å². The predicted molar refractivity (Wildman–Crippen MR) is 91.3 cm³/mol. The van der Waals surface area contributed by atoms with Gasteiger partial charge in [-0.2, -0.15) is 0 Å². The molecule has 0 bridgehead atoms. The topological polar surface area (TPSA) is 71.2 Å². The molecule has 1 aromatic carbocycles. The summed E-state index contributed by atoms with van der Waals surface area (Å²) in [6.07, 6.45) is 4.28. The van der Waals surface area contributed by atoms with Crippen molar-refractivity contribution in [2.24, 2.45) is 0 Å². The van der Waals surface area contributed by atoms with Gasteiger partial charge in [0.15, 0.2) is 5.82 Å². The number of carbonyl (C=O) groups is 1. The number of rotatable bonds is 4. The van der Waals surface area contributed by atoms with Crippen molar-refractivity contribution in [3.05, 3.63) is 34.4 Å². The van der Waals surface area contributed by atoms with E-state index in [1.807, 2.05) is 24.3 Å². The summed E-state index contributed by atoms with van der Waals surface area (Å²) in [5.41, 5.74) is 0.764. The maximum Gasteiger partial charge on any atom is 0.360 e. The van der Waals surface area contributed by atoms with Gasteiger partial charge in [0.1, 0.15) is 0 Å². The highest BCUT2D eigenvalue weighted by atomic mass is 79.9. The minimum Gasteiger partial charge on any atom is -0.476 e. The SMILES string of the molecule is CC[C@H]1CCCCN1c1nn(-c2ccc(Br)cc2)nc1C(=O)O. The first-order valence-electron chi connectivity index (χ1n) is 7.83. The van der Waals surface area contributed by atoms with Gasteiger partial charge in [0.05, 0.1) is 5.69 Å². The summed E-state index contributed by atoms with van der Waals surface area (Å²) < 4.78 is 0.953. The summed E-state index contributed by atoms with van der Waals surface area (Å²) in [6.45, 7) is 2.96. The molecule has 0 aliphatic carbocycles. The average molecular weight is 379 g/mol. The number of aromatic nitrogens is 3. The van der Waals surface area contributed by atoms with Gasteiger partial charge >= 0.3 is 5.97 Å². The van der Waals surface area contributed by atoms with Gasteiger partial charge in [-0.15, -0.1) is 15.0 Å². The van der Waals surface area contributed by atoms with Crippen LogP contribution in [0.2, 0.25) is 0 Å². The fraction of sp³-hybridized carbons (Fsp3) is 0.438. The normalized spacial score (nSPS) is 18.2. The zero-order chi connectivity index (χ0) is 16.4. The number of carboxylic acids is 1. The van der Waals surface area contributed by atoms with Crippen molar-refractivity contribution >= 4 is 27.7 Å². The van der Waals surface area contributed by atoms with Crippen LogP contribution in [-0.4, -0.2) is 38.7 Å². The van der Waals surface area contributed by atoms with Crippen molar-refractivity contribution in [1.82, 2.24) is 15.0 Å². The van der Waals surface area contributed by atoms with Crippen LogP contribution in [0.15, 0.2) is 28.7 Å². The molecule has 0 unspecified atom stereocenters. The second-order valence-electron chi connectivity index (χ2n) is 5.69. The fourth-order valence-corrected chi connectivity index (χ4v) is 3.29. The predicted octanol–water partition coefficient (Wildman–Crippen LogP) is 3.50. The van der Waals surface area contributed by atoms with E-state index >= 15 is 0 Å². The number of halogens is 1. The molecule has 2 aromatic rings. The summed E-state index contributed by atoms with van der Waals surface area (Å²) in [7, 11) is 0. The lowest BCUT2D eigenvalue weighted by Gasteiger charge is -2.35. The van der Waals surface area contributed by atoms with Crippen LogP contribution in [0.3, 0.4) is 0 Å². The first-order valence-corrected chi connectivity index (χ1v) is 8.62. The van der Waals surface area contributed by atoms with Gasteiger partial charge in [-0.1, -0.05) is 22.9 Å². The monoisotopic (exact) mass is 378 g/mol. The van der Waals surface area contributed by atoms with E-state index in [-0.39, 0.29) is 5.69 Å². The summed E-state index contributed by atoms with van der Waals surface area (Å²) in [6, 6.07) is 7.81. The summed E-state index contributed by atoms with van der Waals surface area (Å²) >= 11 is 3.39. The molecule has 2 heterocycles. The Morgan fingerprint density at radius 1 is 1.30 bits per heavy atom. The van der Waals surface area contributed by atoms with Gasteiger partial charge in [-0.05, 0) is 49.9 Å². The van der Waals surface area contributed by atoms with Crippen molar-refractivity contribution in [2.75, 3.05) is 11.4 Å². The first kappa shape index (κ1) is 16.0. The summed E-state index contributed by atoms with van der Waals surface area (Å²) in [4.78, 5) is 15.1. The average Bonchev–Trinajstić information content (AvgIpc) is 3.01. The third kappa shape index (κ3) is 3.24. The van der Waals surface area contributed by atoms with Crippen LogP contribution in [0.4, 0.5) is 5.82 Å². The van der Waals surface area contributed by atoms with Crippen molar-refractivity contribution in [3.63, 3.8) is 0 Å². The number of hydrogen-bond donors (Lipinski definition) is 1. The van der Waals surface area contributed by atoms with E-state index < -0.39 is 5.97 Å². The molecule has 0 amide bonds. The van der Waals surface area contributed by atoms with Gasteiger partial charge in [0, 0.05) is 17.1 Å². The highest BCUT2D eigenvalue weighted by molar-refractivity contribution is 9.10. The number of aromatic carboxylic acids is 1. The molecule has 0 saturated carbocycles. The van der Waals surface area contributed by atoms with Crippen LogP contribution >= 0.6 is 15.9 Å². The van der Waals surface area contributed by atoms with E-state index in [1.165, 1.54) is 11.2 Å². The molecular weight excluding hydrogens is 360 g/mol. The maximum atomic E-state index is 11.6. The third-order valence-corrected chi connectivity index (χ3v) is 4.76. The Morgan fingerprint density at radius 3 is 2.70 bits per heavy atom. The van der Waals surface area contributed by atoms with E-state index in [1.54, 1.807) is 0 Å². The molecule has 1 N–H and O–H groups in total. The molecular formula is C16H19BrN4O2. The van der Waals surface area contributed by atoms with E-state index in [0.717, 1.165) is 36.0 Å². The Bertz CT molecular complexity index is 699. The number of piperidine rings is 1. The van der Waals surface area contributed by atoms with E-state index in [9.17, 15) is 9.90 Å². The van der Waals surface area contributed by atoms with Crippen LogP contribution in [0.5, 0.6) is 0 Å². The zero-order valence-electron chi connectivity index (χ0n) is 12.9. The molecule has 1 aromatic heterocycles. The molecule has 1 aliphatic heterocycles. The van der Waals surface area contributed by atoms with E-state index in [2.05, 4.69) is 38.0 Å². The van der Waals surface area contributed by atoms with Crippen LogP contribution in [-0.2, 0) is 0 Å². The largest absolute Gasteiger partial charge is 0.476 e. The number of anilines is 1. The molecule has 1 saturated heterocycles. The molecule has 7 heteroatoms. The third-order valence-electron chi connectivity index (χ3n) is 4.23. The molecule has 6 nitrogen and oxygen atoms in total.